The third-order valence-electron chi connectivity index (χ3n) is 3.30. The monoisotopic (exact) mass is 275 g/mol. The van der Waals surface area contributed by atoms with Crippen LogP contribution >= 0.6 is 0 Å². The van der Waals surface area contributed by atoms with Crippen molar-refractivity contribution < 1.29 is 9.84 Å². The number of nitrogens with zero attached hydrogens (tertiary/aromatic N) is 2. The van der Waals surface area contributed by atoms with E-state index < -0.39 is 0 Å². The van der Waals surface area contributed by atoms with Gasteiger partial charge in [-0.25, -0.2) is 4.98 Å². The number of methoxy groups -OCH3 is 1. The van der Waals surface area contributed by atoms with Gasteiger partial charge in [0.1, 0.15) is 11.5 Å². The predicted octanol–water partition coefficient (Wildman–Crippen LogP) is 2.34. The van der Waals surface area contributed by atoms with Crippen molar-refractivity contribution in [3.8, 4) is 11.5 Å². The van der Waals surface area contributed by atoms with Gasteiger partial charge in [-0.15, -0.1) is 0 Å². The third kappa shape index (κ3) is 3.74. The second kappa shape index (κ2) is 6.96. The molecule has 1 atom stereocenters. The maximum absolute atomic E-state index is 9.90. The van der Waals surface area contributed by atoms with E-state index in [2.05, 4.69) is 14.9 Å². The average Bonchev–Trinajstić information content (AvgIpc) is 2.97. The number of hydrogen-bond acceptors (Lipinski definition) is 4. The van der Waals surface area contributed by atoms with Gasteiger partial charge >= 0.3 is 0 Å². The highest BCUT2D eigenvalue weighted by atomic mass is 16.5. The molecule has 1 heterocycles. The van der Waals surface area contributed by atoms with Crippen LogP contribution in [-0.4, -0.2) is 28.3 Å². The maximum atomic E-state index is 9.90. The number of hydrogen-bond donors (Lipinski definition) is 2. The van der Waals surface area contributed by atoms with Crippen molar-refractivity contribution in [1.82, 2.24) is 14.9 Å². The van der Waals surface area contributed by atoms with Gasteiger partial charge in [0.2, 0.25) is 0 Å². The van der Waals surface area contributed by atoms with Crippen LogP contribution in [0.15, 0.2) is 36.9 Å². The lowest BCUT2D eigenvalue weighted by atomic mass is 10.1. The first kappa shape index (κ1) is 14.4. The van der Waals surface area contributed by atoms with E-state index in [0.29, 0.717) is 5.75 Å². The highest BCUT2D eigenvalue weighted by Crippen LogP contribution is 2.28. The molecular formula is C15H21N3O2. The quantitative estimate of drug-likeness (QED) is 0.761. The van der Waals surface area contributed by atoms with Gasteiger partial charge in [-0.1, -0.05) is 0 Å². The Morgan fingerprint density at radius 2 is 2.30 bits per heavy atom. The lowest BCUT2D eigenvalue weighted by molar-refractivity contribution is 0.407. The Hall–Kier alpha value is -2.01. The molecule has 0 spiro atoms. The molecular weight excluding hydrogens is 254 g/mol. The molecule has 1 unspecified atom stereocenters. The van der Waals surface area contributed by atoms with Crippen molar-refractivity contribution in [2.75, 3.05) is 13.7 Å². The summed E-state index contributed by atoms with van der Waals surface area (Å²) in [5.41, 5.74) is 0.854. The largest absolute Gasteiger partial charge is 0.508 e. The number of phenolic OH excluding ortho intramolecular Hbond substituents is 1. The zero-order chi connectivity index (χ0) is 14.4. The van der Waals surface area contributed by atoms with Crippen molar-refractivity contribution >= 4 is 0 Å². The molecule has 0 radical (unpaired) electrons. The smallest absolute Gasteiger partial charge is 0.120 e. The van der Waals surface area contributed by atoms with Crippen molar-refractivity contribution in [2.24, 2.45) is 0 Å². The number of phenols is 1. The zero-order valence-electron chi connectivity index (χ0n) is 11.9. The van der Waals surface area contributed by atoms with E-state index in [4.69, 9.17) is 4.74 Å². The maximum Gasteiger partial charge on any atom is 0.120 e. The first-order chi connectivity index (χ1) is 9.70. The Balaban J connectivity index is 1.83. The summed E-state index contributed by atoms with van der Waals surface area (Å²) in [4.78, 5) is 4.01. The minimum Gasteiger partial charge on any atom is -0.508 e. The highest BCUT2D eigenvalue weighted by molar-refractivity contribution is 5.41. The molecule has 0 aliphatic rings. The molecule has 0 saturated heterocycles. The first-order valence-corrected chi connectivity index (χ1v) is 6.76. The minimum atomic E-state index is 0.0767. The van der Waals surface area contributed by atoms with Gasteiger partial charge in [-0.3, -0.25) is 0 Å². The van der Waals surface area contributed by atoms with Gasteiger partial charge in [0.15, 0.2) is 0 Å². The number of aromatic hydroxyl groups is 1. The van der Waals surface area contributed by atoms with E-state index in [1.165, 1.54) is 0 Å². The fourth-order valence-electron chi connectivity index (χ4n) is 2.12. The van der Waals surface area contributed by atoms with E-state index in [1.54, 1.807) is 25.4 Å². The van der Waals surface area contributed by atoms with Gasteiger partial charge in [0, 0.05) is 30.5 Å². The Morgan fingerprint density at radius 1 is 1.45 bits per heavy atom. The molecule has 0 fully saturated rings. The summed E-state index contributed by atoms with van der Waals surface area (Å²) in [6.07, 6.45) is 6.56. The van der Waals surface area contributed by atoms with Crippen LogP contribution in [0.25, 0.3) is 0 Å². The second-order valence-electron chi connectivity index (χ2n) is 4.75. The number of benzene rings is 1. The normalized spacial score (nSPS) is 12.3. The van der Waals surface area contributed by atoms with Crippen LogP contribution in [0.5, 0.6) is 11.5 Å². The van der Waals surface area contributed by atoms with E-state index in [0.717, 1.165) is 30.8 Å². The van der Waals surface area contributed by atoms with Gasteiger partial charge in [-0.2, -0.15) is 0 Å². The van der Waals surface area contributed by atoms with Crippen LogP contribution in [0.1, 0.15) is 24.9 Å². The first-order valence-electron chi connectivity index (χ1n) is 6.76. The Kier molecular flexibility index (Phi) is 5.01. The van der Waals surface area contributed by atoms with Crippen LogP contribution < -0.4 is 10.1 Å². The molecule has 0 amide bonds. The van der Waals surface area contributed by atoms with Crippen molar-refractivity contribution in [3.05, 3.63) is 42.5 Å². The summed E-state index contributed by atoms with van der Waals surface area (Å²) in [5.74, 6) is 1.05. The number of aryl methyl sites for hydroxylation is 1. The Labute approximate surface area is 119 Å². The van der Waals surface area contributed by atoms with Gasteiger partial charge in [0.05, 0.1) is 13.4 Å². The number of ether oxygens (including phenoxy) is 1. The average molecular weight is 275 g/mol. The zero-order valence-corrected chi connectivity index (χ0v) is 11.9. The summed E-state index contributed by atoms with van der Waals surface area (Å²) < 4.78 is 7.24. The predicted molar refractivity (Wildman–Crippen MR) is 77.9 cm³/mol. The van der Waals surface area contributed by atoms with E-state index in [1.807, 2.05) is 25.5 Å². The summed E-state index contributed by atoms with van der Waals surface area (Å²) in [6, 6.07) is 5.36. The molecule has 0 aliphatic carbocycles. The Bertz CT molecular complexity index is 526. The standard InChI is InChI=1S/C15H21N3O2/c1-12(14-10-13(20-2)4-5-15(14)19)17-6-3-8-18-9-7-16-11-18/h4-5,7,9-12,17,19H,3,6,8H2,1-2H3. The summed E-state index contributed by atoms with van der Waals surface area (Å²) in [6.45, 7) is 3.84. The topological polar surface area (TPSA) is 59.3 Å². The van der Waals surface area contributed by atoms with Crippen molar-refractivity contribution in [1.29, 1.82) is 0 Å². The van der Waals surface area contributed by atoms with Crippen LogP contribution in [-0.2, 0) is 6.54 Å². The molecule has 5 heteroatoms. The molecule has 0 bridgehead atoms. The van der Waals surface area contributed by atoms with E-state index in [9.17, 15) is 5.11 Å². The molecule has 0 saturated carbocycles. The molecule has 1 aromatic carbocycles. The summed E-state index contributed by atoms with van der Waals surface area (Å²) in [5, 5.41) is 13.3. The van der Waals surface area contributed by atoms with Gasteiger partial charge in [-0.05, 0) is 38.1 Å². The lowest BCUT2D eigenvalue weighted by Gasteiger charge is -2.16. The second-order valence-corrected chi connectivity index (χ2v) is 4.75. The highest BCUT2D eigenvalue weighted by Gasteiger charge is 2.10. The van der Waals surface area contributed by atoms with Crippen molar-refractivity contribution in [2.45, 2.75) is 25.9 Å². The van der Waals surface area contributed by atoms with Gasteiger partial charge < -0.3 is 19.7 Å². The molecule has 20 heavy (non-hydrogen) atoms. The molecule has 2 rings (SSSR count). The molecule has 2 N–H and O–H groups in total. The Morgan fingerprint density at radius 3 is 3.00 bits per heavy atom. The molecule has 0 aliphatic heterocycles. The summed E-state index contributed by atoms with van der Waals surface area (Å²) in [7, 11) is 1.62. The van der Waals surface area contributed by atoms with Crippen LogP contribution in [0.3, 0.4) is 0 Å². The van der Waals surface area contributed by atoms with E-state index in [-0.39, 0.29) is 6.04 Å². The van der Waals surface area contributed by atoms with Crippen molar-refractivity contribution in [3.63, 3.8) is 0 Å². The van der Waals surface area contributed by atoms with E-state index >= 15 is 0 Å². The molecule has 2 aromatic rings. The molecule has 108 valence electrons. The fourth-order valence-corrected chi connectivity index (χ4v) is 2.12. The molecule has 1 aromatic heterocycles. The molecule has 5 nitrogen and oxygen atoms in total. The number of aromatic nitrogens is 2. The minimum absolute atomic E-state index is 0.0767. The summed E-state index contributed by atoms with van der Waals surface area (Å²) >= 11 is 0. The fraction of sp³-hybridized carbons (Fsp3) is 0.400. The number of nitrogens with one attached hydrogen (secondary N) is 1. The van der Waals surface area contributed by atoms with Crippen LogP contribution in [0.2, 0.25) is 0 Å². The van der Waals surface area contributed by atoms with Crippen LogP contribution in [0, 0.1) is 0 Å². The third-order valence-corrected chi connectivity index (χ3v) is 3.30. The number of imidazole rings is 1. The number of rotatable bonds is 7. The lowest BCUT2D eigenvalue weighted by Crippen LogP contribution is -2.21. The van der Waals surface area contributed by atoms with Crippen LogP contribution in [0.4, 0.5) is 0 Å². The van der Waals surface area contributed by atoms with Gasteiger partial charge in [0.25, 0.3) is 0 Å². The SMILES string of the molecule is COc1ccc(O)c(C(C)NCCCn2ccnc2)c1.